The summed E-state index contributed by atoms with van der Waals surface area (Å²) in [7, 11) is -3.59. The smallest absolute Gasteiger partial charge is 0.471 e. The molecule has 0 aromatic heterocycles. The molecule has 0 aromatic carbocycles. The lowest BCUT2D eigenvalue weighted by atomic mass is 9.71. The molecule has 1 spiro atoms. The van der Waals surface area contributed by atoms with E-state index in [9.17, 15) is 31.2 Å². The molecule has 0 radical (unpaired) electrons. The average molecular weight is 301 g/mol. The quantitative estimate of drug-likeness (QED) is 0.705. The molecule has 2 heterocycles. The standard InChI is InChI=1S/C9H10F3NO5S/c10-9(11,12)7(16)13-2-8(3-13)4-19(17,18)1-5(8)6(14)15/h5H,1-4H2,(H,14,15). The van der Waals surface area contributed by atoms with Crippen molar-refractivity contribution in [2.45, 2.75) is 6.18 Å². The van der Waals surface area contributed by atoms with Crippen LogP contribution in [-0.2, 0) is 19.4 Å². The fourth-order valence-electron chi connectivity index (χ4n) is 2.71. The van der Waals surface area contributed by atoms with Gasteiger partial charge in [0.2, 0.25) is 0 Å². The molecule has 1 atom stereocenters. The Balaban J connectivity index is 2.16. The van der Waals surface area contributed by atoms with E-state index in [4.69, 9.17) is 5.11 Å². The van der Waals surface area contributed by atoms with Gasteiger partial charge in [-0.3, -0.25) is 9.59 Å². The minimum absolute atomic E-state index is 0.441. The van der Waals surface area contributed by atoms with E-state index in [0.29, 0.717) is 4.90 Å². The molecule has 1 unspecified atom stereocenters. The maximum Gasteiger partial charge on any atom is 0.471 e. The van der Waals surface area contributed by atoms with E-state index in [0.717, 1.165) is 0 Å². The van der Waals surface area contributed by atoms with E-state index in [1.807, 2.05) is 0 Å². The lowest BCUT2D eigenvalue weighted by Crippen LogP contribution is -2.65. The summed E-state index contributed by atoms with van der Waals surface area (Å²) in [6.07, 6.45) is -5.03. The number of carbonyl (C=O) groups is 2. The van der Waals surface area contributed by atoms with Gasteiger partial charge in [-0.25, -0.2) is 8.42 Å². The van der Waals surface area contributed by atoms with Gasteiger partial charge in [0, 0.05) is 18.5 Å². The number of rotatable bonds is 1. The second kappa shape index (κ2) is 3.84. The highest BCUT2D eigenvalue weighted by molar-refractivity contribution is 7.91. The van der Waals surface area contributed by atoms with Crippen molar-refractivity contribution in [3.8, 4) is 0 Å². The fourth-order valence-corrected chi connectivity index (χ4v) is 5.09. The maximum atomic E-state index is 12.2. The summed E-state index contributed by atoms with van der Waals surface area (Å²) in [5.41, 5.74) is -1.27. The number of hydrogen-bond acceptors (Lipinski definition) is 4. The fraction of sp³-hybridized carbons (Fsp3) is 0.778. The summed E-state index contributed by atoms with van der Waals surface area (Å²) < 4.78 is 59.4. The molecule has 19 heavy (non-hydrogen) atoms. The zero-order chi connectivity index (χ0) is 14.6. The van der Waals surface area contributed by atoms with Crippen LogP contribution in [0.5, 0.6) is 0 Å². The number of likely N-dealkylation sites (tertiary alicyclic amines) is 1. The Kier molecular flexibility index (Phi) is 2.85. The number of aliphatic carboxylic acids is 1. The third kappa shape index (κ3) is 2.28. The Morgan fingerprint density at radius 1 is 1.26 bits per heavy atom. The summed E-state index contributed by atoms with van der Waals surface area (Å²) in [5.74, 6) is -5.75. The molecule has 6 nitrogen and oxygen atoms in total. The number of nitrogens with zero attached hydrogens (tertiary/aromatic N) is 1. The molecule has 2 aliphatic heterocycles. The van der Waals surface area contributed by atoms with Gasteiger partial charge in [-0.15, -0.1) is 0 Å². The van der Waals surface area contributed by atoms with Crippen LogP contribution in [0.25, 0.3) is 0 Å². The first-order chi connectivity index (χ1) is 8.47. The van der Waals surface area contributed by atoms with Crippen molar-refractivity contribution in [1.29, 1.82) is 0 Å². The van der Waals surface area contributed by atoms with Crippen LogP contribution in [0.1, 0.15) is 0 Å². The first-order valence-electron chi connectivity index (χ1n) is 5.26. The van der Waals surface area contributed by atoms with E-state index in [2.05, 4.69) is 0 Å². The number of carboxylic acids is 1. The number of alkyl halides is 3. The van der Waals surface area contributed by atoms with Gasteiger partial charge in [-0.1, -0.05) is 0 Å². The molecule has 2 rings (SSSR count). The lowest BCUT2D eigenvalue weighted by molar-refractivity contribution is -0.198. The number of amides is 1. The van der Waals surface area contributed by atoms with E-state index < -0.39 is 63.8 Å². The highest BCUT2D eigenvalue weighted by atomic mass is 32.2. The summed E-state index contributed by atoms with van der Waals surface area (Å²) >= 11 is 0. The third-order valence-electron chi connectivity index (χ3n) is 3.51. The molecule has 1 amide bonds. The summed E-state index contributed by atoms with van der Waals surface area (Å²) in [4.78, 5) is 22.4. The molecule has 0 aromatic rings. The van der Waals surface area contributed by atoms with Gasteiger partial charge >= 0.3 is 18.1 Å². The number of halogens is 3. The number of sulfone groups is 1. The van der Waals surface area contributed by atoms with Crippen molar-refractivity contribution in [3.63, 3.8) is 0 Å². The Morgan fingerprint density at radius 2 is 1.79 bits per heavy atom. The largest absolute Gasteiger partial charge is 0.481 e. The van der Waals surface area contributed by atoms with Crippen LogP contribution >= 0.6 is 0 Å². The van der Waals surface area contributed by atoms with Gasteiger partial charge < -0.3 is 10.0 Å². The lowest BCUT2D eigenvalue weighted by Gasteiger charge is -2.49. The zero-order valence-corrected chi connectivity index (χ0v) is 10.3. The molecular weight excluding hydrogens is 291 g/mol. The predicted molar refractivity (Wildman–Crippen MR) is 54.8 cm³/mol. The van der Waals surface area contributed by atoms with Crippen molar-refractivity contribution in [1.82, 2.24) is 4.90 Å². The SMILES string of the molecule is O=C(O)C1CS(=O)(=O)CC12CN(C(=O)C(F)(F)F)C2. The second-order valence-electron chi connectivity index (χ2n) is 4.97. The zero-order valence-electron chi connectivity index (χ0n) is 9.48. The van der Waals surface area contributed by atoms with E-state index in [1.165, 1.54) is 0 Å². The van der Waals surface area contributed by atoms with E-state index >= 15 is 0 Å². The van der Waals surface area contributed by atoms with Crippen molar-refractivity contribution in [2.24, 2.45) is 11.3 Å². The molecule has 0 saturated carbocycles. The Bertz CT molecular complexity index is 535. The minimum atomic E-state index is -5.03. The number of carbonyl (C=O) groups excluding carboxylic acids is 1. The van der Waals surface area contributed by atoms with Gasteiger partial charge in [0.05, 0.1) is 17.4 Å². The average Bonchev–Trinajstić information content (AvgIpc) is 2.45. The Hall–Kier alpha value is -1.32. The molecule has 0 aliphatic carbocycles. The second-order valence-corrected chi connectivity index (χ2v) is 7.08. The van der Waals surface area contributed by atoms with Crippen LogP contribution in [0.4, 0.5) is 13.2 Å². The molecule has 1 N–H and O–H groups in total. The topological polar surface area (TPSA) is 91.8 Å². The van der Waals surface area contributed by atoms with Gasteiger partial charge in [0.1, 0.15) is 0 Å². The number of carboxylic acid groups (broad SMARTS) is 1. The normalized spacial score (nSPS) is 28.2. The van der Waals surface area contributed by atoms with Gasteiger partial charge in [-0.05, 0) is 0 Å². The highest BCUT2D eigenvalue weighted by Crippen LogP contribution is 2.46. The molecule has 108 valence electrons. The van der Waals surface area contributed by atoms with Gasteiger partial charge in [-0.2, -0.15) is 13.2 Å². The van der Waals surface area contributed by atoms with E-state index in [1.54, 1.807) is 0 Å². The maximum absolute atomic E-state index is 12.2. The molecule has 2 aliphatic rings. The highest BCUT2D eigenvalue weighted by Gasteiger charge is 2.62. The first-order valence-corrected chi connectivity index (χ1v) is 7.08. The Morgan fingerprint density at radius 3 is 2.21 bits per heavy atom. The van der Waals surface area contributed by atoms with Crippen molar-refractivity contribution in [2.75, 3.05) is 24.6 Å². The number of hydrogen-bond donors (Lipinski definition) is 1. The van der Waals surface area contributed by atoms with Gasteiger partial charge in [0.15, 0.2) is 9.84 Å². The van der Waals surface area contributed by atoms with E-state index in [-0.39, 0.29) is 0 Å². The molecule has 2 fully saturated rings. The van der Waals surface area contributed by atoms with Crippen LogP contribution in [0, 0.1) is 11.3 Å². The van der Waals surface area contributed by atoms with Crippen LogP contribution < -0.4 is 0 Å². The van der Waals surface area contributed by atoms with Crippen molar-refractivity contribution in [3.05, 3.63) is 0 Å². The summed E-state index contributed by atoms with van der Waals surface area (Å²) in [6.45, 7) is -0.969. The monoisotopic (exact) mass is 301 g/mol. The molecule has 2 saturated heterocycles. The molecular formula is C9H10F3NO5S. The summed E-state index contributed by atoms with van der Waals surface area (Å²) in [6, 6.07) is 0. The van der Waals surface area contributed by atoms with Gasteiger partial charge in [0.25, 0.3) is 0 Å². The minimum Gasteiger partial charge on any atom is -0.481 e. The predicted octanol–water partition coefficient (Wildman–Crippen LogP) is -0.493. The molecule has 10 heteroatoms. The molecule has 0 bridgehead atoms. The summed E-state index contributed by atoms with van der Waals surface area (Å²) in [5, 5.41) is 8.94. The Labute approximate surface area is 106 Å². The van der Waals surface area contributed by atoms with Crippen molar-refractivity contribution >= 4 is 21.7 Å². The van der Waals surface area contributed by atoms with Crippen LogP contribution in [0.15, 0.2) is 0 Å². The first kappa shape index (κ1) is 14.1. The van der Waals surface area contributed by atoms with Crippen molar-refractivity contribution < 1.29 is 36.3 Å². The van der Waals surface area contributed by atoms with Crippen LogP contribution in [0.3, 0.4) is 0 Å². The van der Waals surface area contributed by atoms with Crippen LogP contribution in [-0.4, -0.2) is 61.1 Å². The van der Waals surface area contributed by atoms with Crippen LogP contribution in [0.2, 0.25) is 0 Å². The third-order valence-corrected chi connectivity index (χ3v) is 5.36.